The second-order valence-electron chi connectivity index (χ2n) is 7.79. The number of ether oxygens (including phenoxy) is 2. The average molecular weight is 515 g/mol. The molecular formula is C26H19F2N7O3. The molecule has 0 saturated carbocycles. The molecule has 2 aromatic carbocycles. The van der Waals surface area contributed by atoms with Gasteiger partial charge in [-0.05, 0) is 36.4 Å². The van der Waals surface area contributed by atoms with Crippen LogP contribution in [0.4, 0.5) is 26.0 Å². The molecule has 38 heavy (non-hydrogen) atoms. The van der Waals surface area contributed by atoms with Crippen molar-refractivity contribution < 1.29 is 23.0 Å². The third-order valence-corrected chi connectivity index (χ3v) is 5.28. The number of nitrogens with zero attached hydrogens (tertiary/aromatic N) is 5. The minimum atomic E-state index is -2.96. The number of rotatable bonds is 8. The number of fused-ring (bicyclic) bond motifs is 1. The van der Waals surface area contributed by atoms with Crippen LogP contribution in [0.2, 0.25) is 0 Å². The molecule has 2 N–H and O–H groups in total. The number of pyridine rings is 1. The van der Waals surface area contributed by atoms with E-state index in [0.717, 1.165) is 0 Å². The molecule has 5 rings (SSSR count). The molecule has 0 saturated heterocycles. The SMILES string of the molecule is COc1ccc(C(=O)Nc2ccc3nc(-c4cnccn4)nc(Nc4cccc(OC(F)F)c4)c3c2)cn1. The number of carbonyl (C=O) groups is 1. The lowest BCUT2D eigenvalue weighted by Gasteiger charge is -2.13. The highest BCUT2D eigenvalue weighted by Gasteiger charge is 2.14. The molecule has 0 aliphatic carbocycles. The number of alkyl halides is 2. The highest BCUT2D eigenvalue weighted by molar-refractivity contribution is 6.05. The Morgan fingerprint density at radius 3 is 2.58 bits per heavy atom. The van der Waals surface area contributed by atoms with Gasteiger partial charge in [0.15, 0.2) is 5.82 Å². The first-order valence-electron chi connectivity index (χ1n) is 11.2. The van der Waals surface area contributed by atoms with Crippen molar-refractivity contribution >= 4 is 34.0 Å². The largest absolute Gasteiger partial charge is 0.481 e. The van der Waals surface area contributed by atoms with Crippen molar-refractivity contribution in [2.24, 2.45) is 0 Å². The molecule has 5 aromatic rings. The number of hydrogen-bond donors (Lipinski definition) is 2. The summed E-state index contributed by atoms with van der Waals surface area (Å²) in [4.78, 5) is 34.3. The van der Waals surface area contributed by atoms with E-state index < -0.39 is 6.61 Å². The van der Waals surface area contributed by atoms with Crippen LogP contribution < -0.4 is 20.1 Å². The van der Waals surface area contributed by atoms with E-state index in [9.17, 15) is 13.6 Å². The quantitative estimate of drug-likeness (QED) is 0.291. The molecule has 3 aromatic heterocycles. The summed E-state index contributed by atoms with van der Waals surface area (Å²) in [6.07, 6.45) is 5.99. The second kappa shape index (κ2) is 10.8. The summed E-state index contributed by atoms with van der Waals surface area (Å²) in [6.45, 7) is -2.96. The fourth-order valence-corrected chi connectivity index (χ4v) is 3.56. The van der Waals surface area contributed by atoms with Gasteiger partial charge in [0.2, 0.25) is 5.88 Å². The van der Waals surface area contributed by atoms with Gasteiger partial charge in [0.05, 0.1) is 24.4 Å². The van der Waals surface area contributed by atoms with Crippen LogP contribution >= 0.6 is 0 Å². The van der Waals surface area contributed by atoms with Crippen LogP contribution in [-0.4, -0.2) is 44.5 Å². The molecule has 0 unspecified atom stereocenters. The fourth-order valence-electron chi connectivity index (χ4n) is 3.56. The van der Waals surface area contributed by atoms with Gasteiger partial charge in [0.1, 0.15) is 17.3 Å². The molecule has 0 fully saturated rings. The molecule has 1 amide bonds. The standard InChI is InChI=1S/C26H19F2N7O3/c1-37-22-8-5-15(13-31-22)25(36)33-17-6-7-20-19(12-17)23(35-24(34-20)21-14-29-9-10-30-21)32-16-3-2-4-18(11-16)38-26(27)28/h2-14,26H,1H3,(H,33,36)(H,32,34,35). The third kappa shape index (κ3) is 5.59. The molecule has 0 aliphatic rings. The Morgan fingerprint density at radius 1 is 0.947 bits per heavy atom. The molecule has 0 aliphatic heterocycles. The van der Waals surface area contributed by atoms with Gasteiger partial charge in [-0.25, -0.2) is 19.9 Å². The van der Waals surface area contributed by atoms with Crippen molar-refractivity contribution in [3.05, 3.63) is 84.9 Å². The lowest BCUT2D eigenvalue weighted by atomic mass is 10.1. The van der Waals surface area contributed by atoms with Crippen molar-refractivity contribution in [3.63, 3.8) is 0 Å². The normalized spacial score (nSPS) is 10.8. The summed E-state index contributed by atoms with van der Waals surface area (Å²) in [5, 5.41) is 6.52. The number of hydrogen-bond acceptors (Lipinski definition) is 9. The van der Waals surface area contributed by atoms with E-state index in [0.29, 0.717) is 51.1 Å². The van der Waals surface area contributed by atoms with Crippen LogP contribution in [0, 0.1) is 0 Å². The Bertz CT molecular complexity index is 1590. The number of carbonyl (C=O) groups excluding carboxylic acids is 1. The number of anilines is 3. The van der Waals surface area contributed by atoms with Gasteiger partial charge in [-0.3, -0.25) is 9.78 Å². The zero-order valence-electron chi connectivity index (χ0n) is 19.8. The molecule has 0 radical (unpaired) electrons. The summed E-state index contributed by atoms with van der Waals surface area (Å²) in [6, 6.07) is 14.4. The zero-order valence-corrected chi connectivity index (χ0v) is 19.8. The minimum absolute atomic E-state index is 0.0152. The van der Waals surface area contributed by atoms with E-state index in [-0.39, 0.29) is 11.7 Å². The zero-order chi connectivity index (χ0) is 26.5. The highest BCUT2D eigenvalue weighted by atomic mass is 19.3. The van der Waals surface area contributed by atoms with Gasteiger partial charge in [-0.1, -0.05) is 6.07 Å². The molecule has 190 valence electrons. The molecule has 0 atom stereocenters. The van der Waals surface area contributed by atoms with Gasteiger partial charge in [0.25, 0.3) is 5.91 Å². The lowest BCUT2D eigenvalue weighted by Crippen LogP contribution is -2.12. The van der Waals surface area contributed by atoms with E-state index in [2.05, 4.69) is 40.3 Å². The molecule has 0 spiro atoms. The maximum atomic E-state index is 12.8. The summed E-state index contributed by atoms with van der Waals surface area (Å²) < 4.78 is 35.0. The van der Waals surface area contributed by atoms with Crippen LogP contribution in [0.25, 0.3) is 22.4 Å². The number of methoxy groups -OCH3 is 1. The maximum absolute atomic E-state index is 12.8. The van der Waals surface area contributed by atoms with Gasteiger partial charge >= 0.3 is 6.61 Å². The van der Waals surface area contributed by atoms with Gasteiger partial charge in [0, 0.05) is 47.5 Å². The number of amides is 1. The molecular weight excluding hydrogens is 496 g/mol. The smallest absolute Gasteiger partial charge is 0.387 e. The maximum Gasteiger partial charge on any atom is 0.387 e. The van der Waals surface area contributed by atoms with Crippen molar-refractivity contribution in [1.82, 2.24) is 24.9 Å². The fraction of sp³-hybridized carbons (Fsp3) is 0.0769. The molecule has 12 heteroatoms. The number of benzene rings is 2. The monoisotopic (exact) mass is 515 g/mol. The van der Waals surface area contributed by atoms with Crippen molar-refractivity contribution in [2.75, 3.05) is 17.7 Å². The molecule has 10 nitrogen and oxygen atoms in total. The molecule has 0 bridgehead atoms. The summed E-state index contributed by atoms with van der Waals surface area (Å²) >= 11 is 0. The van der Waals surface area contributed by atoms with Gasteiger partial charge in [-0.2, -0.15) is 8.78 Å². The number of aromatic nitrogens is 5. The minimum Gasteiger partial charge on any atom is -0.481 e. The van der Waals surface area contributed by atoms with Crippen molar-refractivity contribution in [3.8, 4) is 23.1 Å². The van der Waals surface area contributed by atoms with E-state index in [4.69, 9.17) is 4.74 Å². The number of halogens is 2. The van der Waals surface area contributed by atoms with Gasteiger partial charge in [-0.15, -0.1) is 0 Å². The van der Waals surface area contributed by atoms with E-state index in [1.807, 2.05) is 0 Å². The van der Waals surface area contributed by atoms with Crippen molar-refractivity contribution in [2.45, 2.75) is 6.61 Å². The summed E-state index contributed by atoms with van der Waals surface area (Å²) in [5.41, 5.74) is 2.26. The van der Waals surface area contributed by atoms with Crippen LogP contribution in [0.5, 0.6) is 11.6 Å². The average Bonchev–Trinajstić information content (AvgIpc) is 2.93. The topological polar surface area (TPSA) is 124 Å². The van der Waals surface area contributed by atoms with Crippen LogP contribution in [0.1, 0.15) is 10.4 Å². The Morgan fingerprint density at radius 2 is 1.84 bits per heavy atom. The Hall–Kier alpha value is -5.26. The number of nitrogens with one attached hydrogen (secondary N) is 2. The highest BCUT2D eigenvalue weighted by Crippen LogP contribution is 2.30. The van der Waals surface area contributed by atoms with Crippen LogP contribution in [0.15, 0.2) is 79.4 Å². The van der Waals surface area contributed by atoms with Crippen molar-refractivity contribution in [1.29, 1.82) is 0 Å². The van der Waals surface area contributed by atoms with E-state index in [1.54, 1.807) is 42.5 Å². The summed E-state index contributed by atoms with van der Waals surface area (Å²) in [7, 11) is 1.49. The Labute approximate surface area is 214 Å². The van der Waals surface area contributed by atoms with Gasteiger partial charge < -0.3 is 20.1 Å². The molecule has 3 heterocycles. The third-order valence-electron chi connectivity index (χ3n) is 5.28. The first-order valence-corrected chi connectivity index (χ1v) is 11.2. The summed E-state index contributed by atoms with van der Waals surface area (Å²) in [5.74, 6) is 0.657. The van der Waals surface area contributed by atoms with E-state index >= 15 is 0 Å². The lowest BCUT2D eigenvalue weighted by molar-refractivity contribution is -0.0498. The predicted molar refractivity (Wildman–Crippen MR) is 136 cm³/mol. The second-order valence-corrected chi connectivity index (χ2v) is 7.79. The van der Waals surface area contributed by atoms with E-state index in [1.165, 1.54) is 44.0 Å². The first-order chi connectivity index (χ1) is 18.5. The van der Waals surface area contributed by atoms with Crippen LogP contribution in [-0.2, 0) is 0 Å². The Kier molecular flexibility index (Phi) is 6.93. The first kappa shape index (κ1) is 24.4. The Balaban J connectivity index is 1.52. The predicted octanol–water partition coefficient (Wildman–Crippen LogP) is 5.09. The van der Waals surface area contributed by atoms with Crippen LogP contribution in [0.3, 0.4) is 0 Å².